The summed E-state index contributed by atoms with van der Waals surface area (Å²) in [5, 5.41) is 3.47. The molecule has 2 aliphatic heterocycles. The number of nitrogens with one attached hydrogen (secondary N) is 1. The van der Waals surface area contributed by atoms with Crippen molar-refractivity contribution in [3.63, 3.8) is 0 Å². The van der Waals surface area contributed by atoms with Crippen LogP contribution >= 0.6 is 35.0 Å². The number of nitrogens with zero attached hydrogens (tertiary/aromatic N) is 1. The fourth-order valence-corrected chi connectivity index (χ4v) is 3.86. The molecule has 0 spiro atoms. The summed E-state index contributed by atoms with van der Waals surface area (Å²) in [6, 6.07) is 9.82. The van der Waals surface area contributed by atoms with Gasteiger partial charge in [-0.3, -0.25) is 4.90 Å². The highest BCUT2D eigenvalue weighted by Gasteiger charge is 2.28. The Kier molecular flexibility index (Phi) is 6.59. The van der Waals surface area contributed by atoms with E-state index in [1.165, 1.54) is 61.0 Å². The van der Waals surface area contributed by atoms with Crippen LogP contribution in [0.1, 0.15) is 37.3 Å². The van der Waals surface area contributed by atoms with E-state index in [1.807, 2.05) is 0 Å². The molecule has 1 unspecified atom stereocenters. The Morgan fingerprint density at radius 2 is 1.80 bits per heavy atom. The lowest BCUT2D eigenvalue weighted by atomic mass is 9.96. The smallest absolute Gasteiger partial charge is 0.0348 e. The summed E-state index contributed by atoms with van der Waals surface area (Å²) in [7, 11) is 0. The third-order valence-corrected chi connectivity index (χ3v) is 5.29. The van der Waals surface area contributed by atoms with E-state index >= 15 is 0 Å². The molecule has 20 heavy (non-hydrogen) atoms. The molecule has 0 amide bonds. The molecule has 0 bridgehead atoms. The second-order valence-electron chi connectivity index (χ2n) is 5.90. The Morgan fingerprint density at radius 1 is 1.10 bits per heavy atom. The first-order valence-electron chi connectivity index (χ1n) is 7.53. The minimum atomic E-state index is 0. The van der Waals surface area contributed by atoms with Crippen molar-refractivity contribution in [2.75, 3.05) is 26.2 Å². The average molecular weight is 407 g/mol. The number of hydrogen-bond donors (Lipinski definition) is 1. The van der Waals surface area contributed by atoms with E-state index in [2.05, 4.69) is 57.1 Å². The lowest BCUT2D eigenvalue weighted by Gasteiger charge is -2.31. The number of halogens is 2. The van der Waals surface area contributed by atoms with Gasteiger partial charge in [0.05, 0.1) is 0 Å². The van der Waals surface area contributed by atoms with Crippen molar-refractivity contribution in [2.24, 2.45) is 5.92 Å². The van der Waals surface area contributed by atoms with Crippen LogP contribution in [0.4, 0.5) is 0 Å². The van der Waals surface area contributed by atoms with Gasteiger partial charge >= 0.3 is 0 Å². The minimum Gasteiger partial charge on any atom is -0.317 e. The van der Waals surface area contributed by atoms with E-state index in [-0.39, 0.29) is 12.4 Å². The van der Waals surface area contributed by atoms with E-state index in [9.17, 15) is 0 Å². The van der Waals surface area contributed by atoms with Gasteiger partial charge in [0.15, 0.2) is 0 Å². The summed E-state index contributed by atoms with van der Waals surface area (Å²) in [6.45, 7) is 5.03. The van der Waals surface area contributed by atoms with E-state index in [4.69, 9.17) is 0 Å². The summed E-state index contributed by atoms with van der Waals surface area (Å²) < 4.78 is 1.34. The van der Waals surface area contributed by atoms with Gasteiger partial charge in [0.25, 0.3) is 0 Å². The van der Waals surface area contributed by atoms with Gasteiger partial charge in [-0.25, -0.2) is 0 Å². The van der Waals surface area contributed by atoms with Gasteiger partial charge in [-0.15, -0.1) is 12.4 Å². The maximum absolute atomic E-state index is 3.47. The molecule has 1 atom stereocenters. The zero-order chi connectivity index (χ0) is 13.1. The van der Waals surface area contributed by atoms with Crippen LogP contribution in [-0.4, -0.2) is 31.1 Å². The summed E-state index contributed by atoms with van der Waals surface area (Å²) in [5.74, 6) is 0.908. The van der Waals surface area contributed by atoms with Crippen molar-refractivity contribution in [1.29, 1.82) is 0 Å². The van der Waals surface area contributed by atoms with Gasteiger partial charge in [0.1, 0.15) is 0 Å². The summed E-state index contributed by atoms with van der Waals surface area (Å²) in [5.41, 5.74) is 1.52. The Bertz CT molecular complexity index is 403. The van der Waals surface area contributed by atoms with E-state index in [0.717, 1.165) is 5.92 Å². The molecule has 0 aliphatic carbocycles. The normalized spacial score (nSPS) is 24.6. The van der Waals surface area contributed by atoms with Gasteiger partial charge in [0.2, 0.25) is 0 Å². The minimum absolute atomic E-state index is 0. The van der Waals surface area contributed by atoms with Crippen LogP contribution in [-0.2, 0) is 0 Å². The van der Waals surface area contributed by atoms with Crippen LogP contribution in [0, 0.1) is 9.49 Å². The molecule has 1 N–H and O–H groups in total. The highest BCUT2D eigenvalue weighted by molar-refractivity contribution is 14.1. The number of hydrogen-bond acceptors (Lipinski definition) is 2. The van der Waals surface area contributed by atoms with Gasteiger partial charge in [-0.05, 0) is 91.5 Å². The largest absolute Gasteiger partial charge is 0.317 e. The molecule has 2 nitrogen and oxygen atoms in total. The summed E-state index contributed by atoms with van der Waals surface area (Å²) in [4.78, 5) is 2.73. The van der Waals surface area contributed by atoms with Crippen LogP contribution in [0.15, 0.2) is 24.3 Å². The third-order valence-electron chi connectivity index (χ3n) is 4.57. The summed E-state index contributed by atoms with van der Waals surface area (Å²) in [6.07, 6.45) is 5.42. The van der Waals surface area contributed by atoms with Gasteiger partial charge in [-0.1, -0.05) is 12.1 Å². The Hall–Kier alpha value is 0.160. The SMILES string of the molecule is Cl.Ic1ccc(C2CCCN2CC2CCNCC2)cc1. The molecular weight excluding hydrogens is 383 g/mol. The topological polar surface area (TPSA) is 15.3 Å². The van der Waals surface area contributed by atoms with Gasteiger partial charge in [-0.2, -0.15) is 0 Å². The fraction of sp³-hybridized carbons (Fsp3) is 0.625. The average Bonchev–Trinajstić information content (AvgIpc) is 2.89. The molecule has 0 saturated carbocycles. The first-order valence-corrected chi connectivity index (χ1v) is 8.61. The molecule has 0 radical (unpaired) electrons. The molecule has 2 aliphatic rings. The molecule has 1 aromatic rings. The quantitative estimate of drug-likeness (QED) is 0.767. The van der Waals surface area contributed by atoms with Crippen molar-refractivity contribution in [2.45, 2.75) is 31.7 Å². The highest BCUT2D eigenvalue weighted by atomic mass is 127. The van der Waals surface area contributed by atoms with Crippen molar-refractivity contribution < 1.29 is 0 Å². The Morgan fingerprint density at radius 3 is 2.50 bits per heavy atom. The zero-order valence-corrected chi connectivity index (χ0v) is 14.8. The maximum Gasteiger partial charge on any atom is 0.0348 e. The zero-order valence-electron chi connectivity index (χ0n) is 11.9. The van der Waals surface area contributed by atoms with Crippen molar-refractivity contribution in [1.82, 2.24) is 10.2 Å². The summed E-state index contributed by atoms with van der Waals surface area (Å²) >= 11 is 2.39. The van der Waals surface area contributed by atoms with Crippen LogP contribution in [0.25, 0.3) is 0 Å². The van der Waals surface area contributed by atoms with E-state index in [1.54, 1.807) is 0 Å². The van der Waals surface area contributed by atoms with Crippen LogP contribution in [0.5, 0.6) is 0 Å². The van der Waals surface area contributed by atoms with Gasteiger partial charge in [0, 0.05) is 16.2 Å². The molecule has 2 fully saturated rings. The third kappa shape index (κ3) is 4.09. The van der Waals surface area contributed by atoms with E-state index < -0.39 is 0 Å². The number of piperidine rings is 1. The number of benzene rings is 1. The molecule has 3 rings (SSSR count). The lowest BCUT2D eigenvalue weighted by molar-refractivity contribution is 0.193. The molecule has 2 saturated heterocycles. The van der Waals surface area contributed by atoms with Gasteiger partial charge < -0.3 is 5.32 Å². The van der Waals surface area contributed by atoms with E-state index in [0.29, 0.717) is 6.04 Å². The predicted molar refractivity (Wildman–Crippen MR) is 95.5 cm³/mol. The maximum atomic E-state index is 3.47. The Balaban J connectivity index is 0.00000147. The standard InChI is InChI=1S/C16H23IN2.ClH/c17-15-5-3-14(4-6-15)16-2-1-11-19(16)12-13-7-9-18-10-8-13;/h3-6,13,16,18H,1-2,7-12H2;1H. The van der Waals surface area contributed by atoms with Crippen molar-refractivity contribution >= 4 is 35.0 Å². The molecule has 1 aromatic carbocycles. The lowest BCUT2D eigenvalue weighted by Crippen LogP contribution is -2.36. The Labute approximate surface area is 142 Å². The first kappa shape index (κ1) is 16.5. The van der Waals surface area contributed by atoms with Crippen LogP contribution in [0.2, 0.25) is 0 Å². The van der Waals surface area contributed by atoms with Crippen molar-refractivity contribution in [3.8, 4) is 0 Å². The monoisotopic (exact) mass is 406 g/mol. The van der Waals surface area contributed by atoms with Crippen LogP contribution in [0.3, 0.4) is 0 Å². The second kappa shape index (κ2) is 7.97. The number of likely N-dealkylation sites (tertiary alicyclic amines) is 1. The predicted octanol–water partition coefficient (Wildman–Crippen LogP) is 3.85. The highest BCUT2D eigenvalue weighted by Crippen LogP contribution is 2.33. The molecule has 4 heteroatoms. The number of rotatable bonds is 3. The molecule has 0 aromatic heterocycles. The van der Waals surface area contributed by atoms with Crippen molar-refractivity contribution in [3.05, 3.63) is 33.4 Å². The molecule has 2 heterocycles. The molecular formula is C16H24ClIN2. The fourth-order valence-electron chi connectivity index (χ4n) is 3.50. The first-order chi connectivity index (χ1) is 9.33. The molecule has 112 valence electrons. The van der Waals surface area contributed by atoms with Crippen LogP contribution < -0.4 is 5.32 Å². The second-order valence-corrected chi connectivity index (χ2v) is 7.14.